The Hall–Kier alpha value is -1.84. The Balaban J connectivity index is 2.72. The van der Waals surface area contributed by atoms with E-state index in [1.165, 1.54) is 12.1 Å². The summed E-state index contributed by atoms with van der Waals surface area (Å²) in [6.45, 7) is 1.74. The van der Waals surface area contributed by atoms with Crippen LogP contribution >= 0.6 is 0 Å². The van der Waals surface area contributed by atoms with E-state index < -0.39 is 5.97 Å². The summed E-state index contributed by atoms with van der Waals surface area (Å²) < 4.78 is 0. The van der Waals surface area contributed by atoms with Crippen molar-refractivity contribution in [1.82, 2.24) is 0 Å². The van der Waals surface area contributed by atoms with Crippen molar-refractivity contribution in [3.8, 4) is 0 Å². The van der Waals surface area contributed by atoms with Crippen molar-refractivity contribution in [2.24, 2.45) is 11.7 Å². The SMILES string of the molecule is C[C@@H](Cc1ccc(C(=O)O)cc1)C(N)=O. The number of carbonyl (C=O) groups excluding carboxylic acids is 1. The van der Waals surface area contributed by atoms with Crippen LogP contribution in [-0.2, 0) is 11.2 Å². The molecule has 3 N–H and O–H groups in total. The van der Waals surface area contributed by atoms with E-state index in [1.807, 2.05) is 0 Å². The summed E-state index contributed by atoms with van der Waals surface area (Å²) in [6.07, 6.45) is 0.537. The maximum absolute atomic E-state index is 10.8. The molecule has 0 fully saturated rings. The first-order valence-electron chi connectivity index (χ1n) is 4.62. The molecular formula is C11H13NO3. The third-order valence-electron chi connectivity index (χ3n) is 2.23. The normalized spacial score (nSPS) is 12.1. The van der Waals surface area contributed by atoms with Crippen molar-refractivity contribution in [3.05, 3.63) is 35.4 Å². The predicted octanol–water partition coefficient (Wildman–Crippen LogP) is 1.05. The maximum atomic E-state index is 10.8. The summed E-state index contributed by atoms with van der Waals surface area (Å²) in [7, 11) is 0. The fraction of sp³-hybridized carbons (Fsp3) is 0.273. The molecule has 80 valence electrons. The molecule has 0 bridgehead atoms. The lowest BCUT2D eigenvalue weighted by Crippen LogP contribution is -2.22. The van der Waals surface area contributed by atoms with Gasteiger partial charge in [0.1, 0.15) is 0 Å². The first kappa shape index (κ1) is 11.2. The van der Waals surface area contributed by atoms with Crippen molar-refractivity contribution in [3.63, 3.8) is 0 Å². The highest BCUT2D eigenvalue weighted by Crippen LogP contribution is 2.10. The molecule has 1 aromatic rings. The lowest BCUT2D eigenvalue weighted by molar-refractivity contribution is -0.121. The smallest absolute Gasteiger partial charge is 0.335 e. The first-order valence-corrected chi connectivity index (χ1v) is 4.62. The molecule has 1 rings (SSSR count). The van der Waals surface area contributed by atoms with E-state index in [4.69, 9.17) is 10.8 Å². The number of carboxylic acid groups (broad SMARTS) is 1. The summed E-state index contributed by atoms with van der Waals surface area (Å²) >= 11 is 0. The molecule has 15 heavy (non-hydrogen) atoms. The molecule has 0 unspecified atom stereocenters. The minimum absolute atomic E-state index is 0.235. The fourth-order valence-corrected chi connectivity index (χ4v) is 1.24. The zero-order valence-corrected chi connectivity index (χ0v) is 8.43. The predicted molar refractivity (Wildman–Crippen MR) is 55.5 cm³/mol. The Morgan fingerprint density at radius 2 is 1.87 bits per heavy atom. The van der Waals surface area contributed by atoms with Crippen LogP contribution < -0.4 is 5.73 Å². The molecule has 0 saturated carbocycles. The first-order chi connectivity index (χ1) is 7.00. The van der Waals surface area contributed by atoms with Gasteiger partial charge in [-0.25, -0.2) is 4.79 Å². The van der Waals surface area contributed by atoms with Crippen LogP contribution in [0, 0.1) is 5.92 Å². The Morgan fingerprint density at radius 1 is 1.33 bits per heavy atom. The van der Waals surface area contributed by atoms with Crippen molar-refractivity contribution >= 4 is 11.9 Å². The third-order valence-corrected chi connectivity index (χ3v) is 2.23. The van der Waals surface area contributed by atoms with Crippen LogP contribution in [-0.4, -0.2) is 17.0 Å². The van der Waals surface area contributed by atoms with E-state index in [9.17, 15) is 9.59 Å². The number of benzene rings is 1. The molecule has 0 spiro atoms. The minimum atomic E-state index is -0.954. The van der Waals surface area contributed by atoms with Crippen molar-refractivity contribution in [1.29, 1.82) is 0 Å². The van der Waals surface area contributed by atoms with Gasteiger partial charge in [0.05, 0.1) is 5.56 Å². The highest BCUT2D eigenvalue weighted by molar-refractivity contribution is 5.87. The molecule has 1 amide bonds. The second-order valence-electron chi connectivity index (χ2n) is 3.51. The summed E-state index contributed by atoms with van der Waals surface area (Å²) in [5.41, 5.74) is 6.28. The monoisotopic (exact) mass is 207 g/mol. The number of aromatic carboxylic acids is 1. The minimum Gasteiger partial charge on any atom is -0.478 e. The van der Waals surface area contributed by atoms with Gasteiger partial charge < -0.3 is 10.8 Å². The summed E-state index contributed by atoms with van der Waals surface area (Å²) in [5.74, 6) is -1.54. The number of carboxylic acids is 1. The van der Waals surface area contributed by atoms with Crippen molar-refractivity contribution < 1.29 is 14.7 Å². The van der Waals surface area contributed by atoms with Crippen LogP contribution in [0.5, 0.6) is 0 Å². The number of carbonyl (C=O) groups is 2. The van der Waals surface area contributed by atoms with Gasteiger partial charge in [-0.1, -0.05) is 19.1 Å². The molecule has 0 saturated heterocycles. The van der Waals surface area contributed by atoms with E-state index in [1.54, 1.807) is 19.1 Å². The molecule has 0 aliphatic rings. The van der Waals surface area contributed by atoms with E-state index in [0.717, 1.165) is 5.56 Å². The van der Waals surface area contributed by atoms with Crippen LogP contribution in [0.4, 0.5) is 0 Å². The van der Waals surface area contributed by atoms with Crippen molar-refractivity contribution in [2.75, 3.05) is 0 Å². The van der Waals surface area contributed by atoms with Crippen LogP contribution in [0.15, 0.2) is 24.3 Å². The van der Waals surface area contributed by atoms with Crippen LogP contribution in [0.25, 0.3) is 0 Å². The van der Waals surface area contributed by atoms with Gasteiger partial charge in [0, 0.05) is 5.92 Å². The molecule has 4 heteroatoms. The van der Waals surface area contributed by atoms with Gasteiger partial charge >= 0.3 is 5.97 Å². The van der Waals surface area contributed by atoms with Gasteiger partial charge in [-0.2, -0.15) is 0 Å². The second-order valence-corrected chi connectivity index (χ2v) is 3.51. The van der Waals surface area contributed by atoms with E-state index in [0.29, 0.717) is 6.42 Å². The topological polar surface area (TPSA) is 80.4 Å². The van der Waals surface area contributed by atoms with E-state index in [2.05, 4.69) is 0 Å². The highest BCUT2D eigenvalue weighted by Gasteiger charge is 2.09. The summed E-state index contributed by atoms with van der Waals surface area (Å²) in [5, 5.41) is 8.67. The highest BCUT2D eigenvalue weighted by atomic mass is 16.4. The summed E-state index contributed by atoms with van der Waals surface area (Å²) in [4.78, 5) is 21.4. The molecular weight excluding hydrogens is 194 g/mol. The molecule has 1 aromatic carbocycles. The number of nitrogens with two attached hydrogens (primary N) is 1. The second kappa shape index (κ2) is 4.59. The third kappa shape index (κ3) is 3.09. The van der Waals surface area contributed by atoms with Crippen molar-refractivity contribution in [2.45, 2.75) is 13.3 Å². The van der Waals surface area contributed by atoms with Gasteiger partial charge in [0.15, 0.2) is 0 Å². The maximum Gasteiger partial charge on any atom is 0.335 e. The number of amides is 1. The number of hydrogen-bond donors (Lipinski definition) is 2. The standard InChI is InChI=1S/C11H13NO3/c1-7(10(12)13)6-8-2-4-9(5-3-8)11(14)15/h2-5,7H,6H2,1H3,(H2,12,13)(H,14,15)/t7-/m0/s1. The number of rotatable bonds is 4. The fourth-order valence-electron chi connectivity index (χ4n) is 1.24. The van der Waals surface area contributed by atoms with Crippen LogP contribution in [0.3, 0.4) is 0 Å². The zero-order valence-electron chi connectivity index (χ0n) is 8.43. The molecule has 0 aromatic heterocycles. The van der Waals surface area contributed by atoms with Crippen LogP contribution in [0.2, 0.25) is 0 Å². The Morgan fingerprint density at radius 3 is 2.27 bits per heavy atom. The van der Waals surface area contributed by atoms with E-state index >= 15 is 0 Å². The van der Waals surface area contributed by atoms with E-state index in [-0.39, 0.29) is 17.4 Å². The Bertz CT molecular complexity index is 370. The lowest BCUT2D eigenvalue weighted by atomic mass is 10.00. The molecule has 0 aliphatic carbocycles. The Labute approximate surface area is 87.7 Å². The van der Waals surface area contributed by atoms with Gasteiger partial charge in [-0.05, 0) is 24.1 Å². The number of hydrogen-bond acceptors (Lipinski definition) is 2. The number of primary amides is 1. The molecule has 0 radical (unpaired) electrons. The van der Waals surface area contributed by atoms with Gasteiger partial charge in [0.2, 0.25) is 5.91 Å². The molecule has 1 atom stereocenters. The van der Waals surface area contributed by atoms with Gasteiger partial charge in [0.25, 0.3) is 0 Å². The molecule has 4 nitrogen and oxygen atoms in total. The van der Waals surface area contributed by atoms with Gasteiger partial charge in [-0.15, -0.1) is 0 Å². The quantitative estimate of drug-likeness (QED) is 0.774. The average molecular weight is 207 g/mol. The average Bonchev–Trinajstić information content (AvgIpc) is 2.18. The van der Waals surface area contributed by atoms with Crippen LogP contribution in [0.1, 0.15) is 22.8 Å². The molecule has 0 heterocycles. The molecule has 0 aliphatic heterocycles. The zero-order chi connectivity index (χ0) is 11.4. The Kier molecular flexibility index (Phi) is 3.44. The largest absolute Gasteiger partial charge is 0.478 e. The van der Waals surface area contributed by atoms with Gasteiger partial charge in [-0.3, -0.25) is 4.79 Å². The lowest BCUT2D eigenvalue weighted by Gasteiger charge is -2.06. The summed E-state index contributed by atoms with van der Waals surface area (Å²) in [6, 6.07) is 6.43.